The summed E-state index contributed by atoms with van der Waals surface area (Å²) in [7, 11) is -9.05. The zero-order chi connectivity index (χ0) is 26.1. The van der Waals surface area contributed by atoms with Gasteiger partial charge in [0.2, 0.25) is 27.3 Å². The zero-order valence-corrected chi connectivity index (χ0v) is 23.8. The minimum absolute atomic E-state index is 0.230. The van der Waals surface area contributed by atoms with Gasteiger partial charge in [0.25, 0.3) is 0 Å². The Hall–Kier alpha value is -0.0700. The first-order chi connectivity index (χ1) is 15.4. The smallest absolute Gasteiger partial charge is 0.317 e. The summed E-state index contributed by atoms with van der Waals surface area (Å²) in [5, 5.41) is -0.0665. The highest BCUT2D eigenvalue weighted by atomic mass is 35.6. The van der Waals surface area contributed by atoms with Crippen LogP contribution in [-0.2, 0) is 19.7 Å². The van der Waals surface area contributed by atoms with Crippen LogP contribution in [0.4, 0.5) is 4.79 Å². The van der Waals surface area contributed by atoms with Crippen molar-refractivity contribution in [1.29, 1.82) is 0 Å². The second-order valence-electron chi connectivity index (χ2n) is 6.46. The summed E-state index contributed by atoms with van der Waals surface area (Å²) in [6, 6.07) is 8.12. The molecule has 0 spiro atoms. The Balaban J connectivity index is 2.40. The normalized spacial score (nSPS) is 14.8. The molecule has 0 aliphatic carbocycles. The number of urea groups is 1. The number of rotatable bonds is 6. The number of amides is 2. The first kappa shape index (κ1) is 30.2. The molecule has 0 unspecified atom stereocenters. The Morgan fingerprint density at radius 1 is 0.618 bits per heavy atom. The molecule has 17 heteroatoms. The monoisotopic (exact) mass is 668 g/mol. The predicted octanol–water partition coefficient (Wildman–Crippen LogP) is 5.93. The molecule has 0 aliphatic heterocycles. The van der Waals surface area contributed by atoms with E-state index in [0.29, 0.717) is 0 Å². The Kier molecular flexibility index (Phi) is 9.87. The topological polar surface area (TPSA) is 109 Å². The minimum Gasteiger partial charge on any atom is -0.317 e. The van der Waals surface area contributed by atoms with Gasteiger partial charge in [-0.25, -0.2) is 21.6 Å². The maximum absolute atomic E-state index is 13.0. The van der Waals surface area contributed by atoms with Crippen LogP contribution in [-0.4, -0.2) is 41.2 Å². The van der Waals surface area contributed by atoms with Gasteiger partial charge in [0.1, 0.15) is 0 Å². The van der Waals surface area contributed by atoms with Crippen LogP contribution >= 0.6 is 92.8 Å². The van der Waals surface area contributed by atoms with Gasteiger partial charge in [-0.1, -0.05) is 92.8 Å². The molecule has 0 radical (unpaired) electrons. The van der Waals surface area contributed by atoms with Crippen molar-refractivity contribution in [1.82, 2.24) is 10.6 Å². The summed E-state index contributed by atoms with van der Waals surface area (Å²) in [5.74, 6) is 0. The van der Waals surface area contributed by atoms with E-state index in [0.717, 1.165) is 24.3 Å². The van der Waals surface area contributed by atoms with E-state index in [1.165, 1.54) is 24.3 Å². The van der Waals surface area contributed by atoms with Gasteiger partial charge < -0.3 is 10.6 Å². The number of sulfone groups is 2. The van der Waals surface area contributed by atoms with Crippen LogP contribution in [0.25, 0.3) is 0 Å². The van der Waals surface area contributed by atoms with Crippen LogP contribution in [0, 0.1) is 0 Å². The van der Waals surface area contributed by atoms with E-state index in [-0.39, 0.29) is 19.8 Å². The van der Waals surface area contributed by atoms with Gasteiger partial charge >= 0.3 is 6.03 Å². The van der Waals surface area contributed by atoms with Gasteiger partial charge in [0.05, 0.1) is 9.79 Å². The quantitative estimate of drug-likeness (QED) is 0.370. The maximum atomic E-state index is 13.0. The molecule has 2 N–H and O–H groups in total. The summed E-state index contributed by atoms with van der Waals surface area (Å²) in [6.45, 7) is 0. The number of hydrogen-bond acceptors (Lipinski definition) is 5. The molecule has 0 saturated carbocycles. The molecule has 188 valence electrons. The fraction of sp³-hybridized carbons (Fsp3) is 0.235. The molecular weight excluding hydrogens is 660 g/mol. The lowest BCUT2D eigenvalue weighted by molar-refractivity contribution is 0.238. The second-order valence-corrected chi connectivity index (χ2v) is 16.1. The average Bonchev–Trinajstić information content (AvgIpc) is 2.69. The average molecular weight is 672 g/mol. The molecular formula is C17H12Cl8N2O5S2. The van der Waals surface area contributed by atoms with Crippen LogP contribution in [0.3, 0.4) is 0 Å². The van der Waals surface area contributed by atoms with Crippen molar-refractivity contribution in [2.75, 3.05) is 0 Å². The van der Waals surface area contributed by atoms with E-state index in [1.54, 1.807) is 0 Å². The molecule has 2 aromatic carbocycles. The van der Waals surface area contributed by atoms with Gasteiger partial charge in [-0.3, -0.25) is 0 Å². The third-order valence-corrected chi connectivity index (χ3v) is 10.7. The lowest BCUT2D eigenvalue weighted by Gasteiger charge is -2.29. The Labute approximate surface area is 235 Å². The summed E-state index contributed by atoms with van der Waals surface area (Å²) < 4.78 is 46.9. The molecule has 0 fully saturated rings. The molecule has 0 heterocycles. The van der Waals surface area contributed by atoms with Gasteiger partial charge in [-0.2, -0.15) is 0 Å². The van der Waals surface area contributed by atoms with Gasteiger partial charge in [0, 0.05) is 10.0 Å². The third kappa shape index (κ3) is 7.47. The SMILES string of the molecule is O=C(N[C@H](C(Cl)(Cl)Cl)S(=O)(=O)c1ccc(Cl)cc1)N[C@@H](C(Cl)(Cl)Cl)S(=O)(=O)c1ccc(Cl)cc1. The number of nitrogens with one attached hydrogen (secondary N) is 2. The number of hydrogen-bond donors (Lipinski definition) is 2. The van der Waals surface area contributed by atoms with Crippen molar-refractivity contribution >= 4 is 119 Å². The van der Waals surface area contributed by atoms with Crippen molar-refractivity contribution < 1.29 is 21.6 Å². The van der Waals surface area contributed by atoms with Crippen LogP contribution < -0.4 is 10.6 Å². The Bertz CT molecular complexity index is 1150. The summed E-state index contributed by atoms with van der Waals surface area (Å²) in [4.78, 5) is 12.0. The highest BCUT2D eigenvalue weighted by molar-refractivity contribution is 7.92. The van der Waals surface area contributed by atoms with Crippen LogP contribution in [0.5, 0.6) is 0 Å². The zero-order valence-electron chi connectivity index (χ0n) is 16.2. The molecule has 0 aromatic heterocycles. The fourth-order valence-corrected chi connectivity index (χ4v) is 7.96. The van der Waals surface area contributed by atoms with Crippen molar-refractivity contribution in [3.8, 4) is 0 Å². The van der Waals surface area contributed by atoms with Crippen LogP contribution in [0.2, 0.25) is 10.0 Å². The summed E-state index contributed by atoms with van der Waals surface area (Å²) >= 11 is 46.4. The Morgan fingerprint density at radius 3 is 1.12 bits per heavy atom. The van der Waals surface area contributed by atoms with Crippen LogP contribution in [0.1, 0.15) is 0 Å². The lowest BCUT2D eigenvalue weighted by Crippen LogP contribution is -2.57. The first-order valence-corrected chi connectivity index (χ1v) is 14.7. The number of carbonyl (C=O) groups excluding carboxylic acids is 1. The van der Waals surface area contributed by atoms with E-state index < -0.39 is 44.0 Å². The molecule has 7 nitrogen and oxygen atoms in total. The maximum Gasteiger partial charge on any atom is 0.317 e. The van der Waals surface area contributed by atoms with Crippen molar-refractivity contribution in [3.63, 3.8) is 0 Å². The number of alkyl halides is 6. The second kappa shape index (κ2) is 11.1. The summed E-state index contributed by atoms with van der Waals surface area (Å²) in [5.41, 5.74) is 0. The van der Waals surface area contributed by atoms with Gasteiger partial charge in [-0.05, 0) is 48.5 Å². The van der Waals surface area contributed by atoms with E-state index in [1.807, 2.05) is 10.6 Å². The number of benzene rings is 2. The van der Waals surface area contributed by atoms with Crippen molar-refractivity contribution in [2.24, 2.45) is 0 Å². The number of halogens is 8. The fourth-order valence-electron chi connectivity index (χ4n) is 2.47. The standard InChI is InChI=1S/C17H12Cl8N2O5S2/c18-9-1-5-11(6-2-9)33(29,30)13(16(20,21)22)26-15(28)27-14(17(23,24)25)34(31,32)12-7-3-10(19)4-8-12/h1-8,13-14H,(H2,26,27,28)/t13-,14+. The largest absolute Gasteiger partial charge is 0.317 e. The first-order valence-electron chi connectivity index (χ1n) is 8.56. The highest BCUT2D eigenvalue weighted by Gasteiger charge is 2.48. The number of carbonyl (C=O) groups is 1. The molecule has 2 atom stereocenters. The Morgan fingerprint density at radius 2 is 0.882 bits per heavy atom. The molecule has 0 saturated heterocycles. The molecule has 2 aromatic rings. The third-order valence-electron chi connectivity index (χ3n) is 4.02. The molecule has 2 rings (SSSR count). The van der Waals surface area contributed by atoms with Gasteiger partial charge in [0.15, 0.2) is 10.7 Å². The molecule has 0 bridgehead atoms. The lowest BCUT2D eigenvalue weighted by atomic mass is 10.4. The highest BCUT2D eigenvalue weighted by Crippen LogP contribution is 2.38. The minimum atomic E-state index is -4.52. The van der Waals surface area contributed by atoms with E-state index in [4.69, 9.17) is 92.8 Å². The van der Waals surface area contributed by atoms with E-state index in [9.17, 15) is 21.6 Å². The van der Waals surface area contributed by atoms with Gasteiger partial charge in [-0.15, -0.1) is 0 Å². The molecule has 34 heavy (non-hydrogen) atoms. The molecule has 2 amide bonds. The van der Waals surface area contributed by atoms with Crippen molar-refractivity contribution in [3.05, 3.63) is 58.6 Å². The summed E-state index contributed by atoms with van der Waals surface area (Å²) in [6.07, 6.45) is 0. The predicted molar refractivity (Wildman–Crippen MR) is 137 cm³/mol. The van der Waals surface area contributed by atoms with Crippen LogP contribution in [0.15, 0.2) is 58.3 Å². The van der Waals surface area contributed by atoms with E-state index >= 15 is 0 Å². The molecule has 0 aliphatic rings. The van der Waals surface area contributed by atoms with E-state index in [2.05, 4.69) is 0 Å². The van der Waals surface area contributed by atoms with Crippen molar-refractivity contribution in [2.45, 2.75) is 28.1 Å².